The first kappa shape index (κ1) is 52.9. The van der Waals surface area contributed by atoms with Crippen LogP contribution in [0.5, 0.6) is 0 Å². The molecule has 6 rings (SSSR count). The molecule has 0 aromatic carbocycles. The van der Waals surface area contributed by atoms with Crippen molar-refractivity contribution >= 4 is 68.6 Å². The second kappa shape index (κ2) is 23.3. The maximum Gasteiger partial charge on any atom is 2.00 e. The van der Waals surface area contributed by atoms with Gasteiger partial charge in [-0.05, 0) is 95.4 Å². The molecule has 0 fully saturated rings. The second-order valence-corrected chi connectivity index (χ2v) is 20.3. The van der Waals surface area contributed by atoms with Crippen LogP contribution in [-0.4, -0.2) is 60.3 Å². The smallest absolute Gasteiger partial charge is 0.657 e. The topological polar surface area (TPSA) is 143 Å². The molecule has 0 spiro atoms. The molecule has 2 aliphatic heterocycles. The average molecular weight is 914 g/mol. The molecule has 0 unspecified atom stereocenters. The Kier molecular flexibility index (Phi) is 18.6. The van der Waals surface area contributed by atoms with Crippen molar-refractivity contribution in [3.8, 4) is 0 Å². The van der Waals surface area contributed by atoms with E-state index >= 15 is 0 Å². The number of ether oxygens (including phenoxy) is 2. The fourth-order valence-electron chi connectivity index (χ4n) is 10.8. The molecule has 2 N–H and O–H groups in total. The van der Waals surface area contributed by atoms with Crippen molar-refractivity contribution in [1.29, 1.82) is 0 Å². The van der Waals surface area contributed by atoms with Gasteiger partial charge in [-0.15, -0.1) is 22.1 Å². The Morgan fingerprint density at radius 2 is 1.36 bits per heavy atom. The second-order valence-electron chi connectivity index (χ2n) is 20.3. The number of methoxy groups -OCH3 is 1. The summed E-state index contributed by atoms with van der Waals surface area (Å²) in [4.78, 5) is 72.1. The quantitative estimate of drug-likeness (QED) is 0.0358. The predicted molar refractivity (Wildman–Crippen MR) is 262 cm³/mol. The molecular formula is C55H76MgN4O6+2. The number of nitrogens with one attached hydrogen (secondary N) is 2. The van der Waals surface area contributed by atoms with Crippen molar-refractivity contribution in [1.82, 2.24) is 9.97 Å². The van der Waals surface area contributed by atoms with Crippen molar-refractivity contribution in [3.63, 3.8) is 0 Å². The van der Waals surface area contributed by atoms with Crippen LogP contribution < -0.4 is 19.9 Å². The zero-order chi connectivity index (χ0) is 47.3. The Morgan fingerprint density at radius 3 is 2.00 bits per heavy atom. The van der Waals surface area contributed by atoms with Crippen LogP contribution in [0.2, 0.25) is 0 Å². The van der Waals surface area contributed by atoms with Gasteiger partial charge < -0.3 is 19.4 Å². The number of hydrogen-bond acceptors (Lipinski definition) is 6. The molecule has 8 bridgehead atoms. The number of aromatic nitrogens is 4. The zero-order valence-electron chi connectivity index (χ0n) is 42.2. The largest absolute Gasteiger partial charge is 2.00 e. The fraction of sp³-hybridized carbons (Fsp3) is 0.600. The van der Waals surface area contributed by atoms with Crippen LogP contribution in [-0.2, 0) is 19.1 Å². The summed E-state index contributed by atoms with van der Waals surface area (Å²) in [6.45, 7) is 23.5. The van der Waals surface area contributed by atoms with E-state index in [0.717, 1.165) is 53.7 Å². The van der Waals surface area contributed by atoms with Gasteiger partial charge in [0.2, 0.25) is 0 Å². The third-order valence-electron chi connectivity index (χ3n) is 14.9. The number of fused-ring (bicyclic) bond motifs is 8. The number of rotatable bonds is 20. The summed E-state index contributed by atoms with van der Waals surface area (Å²) in [6, 6.07) is 5.99. The van der Waals surface area contributed by atoms with Crippen LogP contribution in [0.4, 0.5) is 0 Å². The van der Waals surface area contributed by atoms with Crippen LogP contribution in [0.1, 0.15) is 229 Å². The summed E-state index contributed by atoms with van der Waals surface area (Å²) in [5.41, 5.74) is 10.0. The van der Waals surface area contributed by atoms with E-state index in [-0.39, 0.29) is 77.3 Å². The Labute approximate surface area is 409 Å². The fourth-order valence-corrected chi connectivity index (χ4v) is 10.8. The van der Waals surface area contributed by atoms with Crippen LogP contribution in [0, 0.1) is 31.6 Å². The van der Waals surface area contributed by atoms with E-state index in [1.54, 1.807) is 6.92 Å². The molecule has 1 aliphatic carbocycles. The first-order chi connectivity index (χ1) is 30.9. The van der Waals surface area contributed by atoms with Crippen molar-refractivity contribution in [2.75, 3.05) is 13.7 Å². The van der Waals surface area contributed by atoms with Gasteiger partial charge in [-0.3, -0.25) is 19.2 Å². The number of aromatic amines is 2. The molecule has 7 atom stereocenters. The number of H-pyrrole nitrogens is 2. The number of ketones is 2. The van der Waals surface area contributed by atoms with Gasteiger partial charge in [0.15, 0.2) is 34.3 Å². The molecule has 0 amide bonds. The third-order valence-corrected chi connectivity index (χ3v) is 14.9. The Hall–Kier alpha value is -4.09. The molecule has 3 aromatic heterocycles. The first-order valence-electron chi connectivity index (χ1n) is 24.7. The molecule has 0 radical (unpaired) electrons. The van der Waals surface area contributed by atoms with E-state index in [1.807, 2.05) is 38.1 Å². The molecule has 10 nitrogen and oxygen atoms in total. The number of aryl methyl sites for hydroxylation is 2. The molecule has 66 heavy (non-hydrogen) atoms. The number of carbonyl (C=O) groups excluding carboxylic acids is 4. The predicted octanol–water partition coefficient (Wildman–Crippen LogP) is 11.2. The Bertz CT molecular complexity index is 2460. The number of hydrogen-bond donors (Lipinski definition) is 0. The first-order valence-corrected chi connectivity index (χ1v) is 24.7. The maximum atomic E-state index is 14.4. The van der Waals surface area contributed by atoms with Crippen molar-refractivity contribution < 1.29 is 38.6 Å². The minimum atomic E-state index is -1.21. The summed E-state index contributed by atoms with van der Waals surface area (Å²) in [5, 5.41) is 0. The molecule has 5 heterocycles. The molecule has 11 heteroatoms. The maximum absolute atomic E-state index is 14.4. The van der Waals surface area contributed by atoms with E-state index in [2.05, 4.69) is 65.4 Å². The van der Waals surface area contributed by atoms with E-state index in [0.29, 0.717) is 62.4 Å². The minimum absolute atomic E-state index is 0. The van der Waals surface area contributed by atoms with Gasteiger partial charge in [-0.1, -0.05) is 110 Å². The van der Waals surface area contributed by atoms with Crippen LogP contribution >= 0.6 is 0 Å². The van der Waals surface area contributed by atoms with E-state index in [1.165, 1.54) is 57.6 Å². The van der Waals surface area contributed by atoms with E-state index in [4.69, 9.17) is 19.4 Å². The monoisotopic (exact) mass is 913 g/mol. The minimum Gasteiger partial charge on any atom is -0.657 e. The summed E-state index contributed by atoms with van der Waals surface area (Å²) in [7, 11) is 1.30. The molecular weight excluding hydrogens is 837 g/mol. The van der Waals surface area contributed by atoms with Gasteiger partial charge in [-0.25, -0.2) is 9.97 Å². The SMILES string of the molecule is CC[C@H]1c2cc3[n-]c4c(c3C)C(=O)[C@H](C(=O)OC)c4c3[nH+]c(cc4[n-]c(cc([nH+]2)[C@@H]1C)c(C(C)=O)c4C)[C@@H](C)[C@@H]3CCC(=O)OC/C=C(\C)CCC[C@@H](C)CCC[C@@H](C)CCCC(C)C.[Mg+2]. The van der Waals surface area contributed by atoms with Gasteiger partial charge in [0, 0.05) is 23.1 Å². The molecule has 0 saturated carbocycles. The summed E-state index contributed by atoms with van der Waals surface area (Å²) < 4.78 is 11.1. The summed E-state index contributed by atoms with van der Waals surface area (Å²) in [6.07, 6.45) is 14.7. The zero-order valence-corrected chi connectivity index (χ0v) is 43.6. The van der Waals surface area contributed by atoms with Gasteiger partial charge >= 0.3 is 35.0 Å². The molecule has 3 aliphatic rings. The van der Waals surface area contributed by atoms with Gasteiger partial charge in [0.1, 0.15) is 12.5 Å². The van der Waals surface area contributed by atoms with E-state index < -0.39 is 11.9 Å². The Morgan fingerprint density at radius 1 is 0.773 bits per heavy atom. The average Bonchev–Trinajstić information content (AvgIpc) is 4.00. The molecule has 0 saturated heterocycles. The number of allylic oxidation sites excluding steroid dienone is 1. The number of esters is 2. The van der Waals surface area contributed by atoms with Gasteiger partial charge in [-0.2, -0.15) is 0 Å². The standard InChI is InChI=1S/C55H75N4O6.Mg/c1-13-39-34(7)41-29-46-48(38(11)60)36(9)43(57-46)27-42-35(8)40(52(58-42)50-51(55(63)64-12)54(62)49-37(10)44(59-53(49)50)28-45(39)56-41)23-24-47(61)65-26-25-33(6)22-16-21-32(5)20-15-19-31(4)18-14-17-30(2)3;/h25,27-32,34-35,39-40,51H,13-24,26H2,1-12H3,(H-,56,57,58,59,60,62);/q-1;+2/p+1/b33-25+;/t31-,32-,34+,35-,39+,40-,51+;/m0./s1. The summed E-state index contributed by atoms with van der Waals surface area (Å²) in [5.74, 6) is -0.477. The van der Waals surface area contributed by atoms with Crippen LogP contribution in [0.3, 0.4) is 0 Å². The van der Waals surface area contributed by atoms with Crippen molar-refractivity contribution in [2.45, 2.75) is 183 Å². The number of Topliss-reactive ketones (excluding diaryl/α,β-unsaturated/α-hetero) is 2. The normalized spacial score (nSPS) is 20.0. The van der Waals surface area contributed by atoms with Crippen molar-refractivity contribution in [2.24, 2.45) is 17.8 Å². The summed E-state index contributed by atoms with van der Waals surface area (Å²) >= 11 is 0. The van der Waals surface area contributed by atoms with E-state index in [9.17, 15) is 19.2 Å². The number of carbonyl (C=O) groups is 4. The van der Waals surface area contributed by atoms with Crippen LogP contribution in [0.15, 0.2) is 29.8 Å². The van der Waals surface area contributed by atoms with Crippen molar-refractivity contribution in [3.05, 3.63) is 80.4 Å². The van der Waals surface area contributed by atoms with Crippen LogP contribution in [0.25, 0.3) is 22.1 Å². The number of nitrogens with zero attached hydrogens (tertiary/aromatic N) is 2. The van der Waals surface area contributed by atoms with Gasteiger partial charge in [0.25, 0.3) is 0 Å². The Balaban J connectivity index is 0.00000817. The molecule has 3 aromatic rings. The van der Waals surface area contributed by atoms with Gasteiger partial charge in [0.05, 0.1) is 30.8 Å². The third kappa shape index (κ3) is 11.8. The molecule has 352 valence electrons.